The molecule has 0 spiro atoms. The van der Waals surface area contributed by atoms with Crippen LogP contribution in [-0.2, 0) is 9.57 Å². The Kier molecular flexibility index (Phi) is 4.52. The molecule has 0 rings (SSSR count). The number of hydrogen-bond acceptors (Lipinski definition) is 6. The van der Waals surface area contributed by atoms with Gasteiger partial charge in [0, 0.05) is 0 Å². The first-order chi connectivity index (χ1) is 5.20. The highest BCUT2D eigenvalue weighted by atomic mass is 16.7. The van der Waals surface area contributed by atoms with Gasteiger partial charge in [0.25, 0.3) is 0 Å². The molecule has 0 fully saturated rings. The van der Waals surface area contributed by atoms with Crippen LogP contribution in [0.4, 0.5) is 9.59 Å². The summed E-state index contributed by atoms with van der Waals surface area (Å²) >= 11 is 0. The molecule has 0 unspecified atom stereocenters. The van der Waals surface area contributed by atoms with E-state index in [-0.39, 0.29) is 6.73 Å². The van der Waals surface area contributed by atoms with Crippen LogP contribution in [-0.4, -0.2) is 18.9 Å². The Morgan fingerprint density at radius 3 is 2.45 bits per heavy atom. The molecular formula is C3H8N4O4. The second kappa shape index (κ2) is 5.26. The number of carbonyl (C=O) groups is 2. The average Bonchev–Trinajstić information content (AvgIpc) is 2.01. The smallest absolute Gasteiger partial charge is 0.432 e. The minimum atomic E-state index is -1.01. The van der Waals surface area contributed by atoms with E-state index >= 15 is 0 Å². The number of amides is 2. The van der Waals surface area contributed by atoms with Crippen LogP contribution >= 0.6 is 0 Å². The van der Waals surface area contributed by atoms with Gasteiger partial charge in [0.1, 0.15) is 6.73 Å². The summed E-state index contributed by atoms with van der Waals surface area (Å²) < 4.78 is 4.12. The molecule has 0 aliphatic heterocycles. The van der Waals surface area contributed by atoms with E-state index in [0.717, 1.165) is 0 Å². The van der Waals surface area contributed by atoms with Gasteiger partial charge in [0.05, 0.1) is 0 Å². The third-order valence-electron chi connectivity index (χ3n) is 0.559. The van der Waals surface area contributed by atoms with Gasteiger partial charge in [-0.15, -0.1) is 5.48 Å². The Morgan fingerprint density at radius 2 is 2.00 bits per heavy atom. The zero-order valence-corrected chi connectivity index (χ0v) is 5.49. The maximum Gasteiger partial charge on any atom is 0.445 e. The van der Waals surface area contributed by atoms with E-state index in [4.69, 9.17) is 5.73 Å². The van der Waals surface area contributed by atoms with E-state index in [9.17, 15) is 9.59 Å². The van der Waals surface area contributed by atoms with Crippen molar-refractivity contribution < 1.29 is 19.2 Å². The van der Waals surface area contributed by atoms with Crippen molar-refractivity contribution in [1.82, 2.24) is 10.9 Å². The summed E-state index contributed by atoms with van der Waals surface area (Å²) in [6.45, 7) is -0.306. The van der Waals surface area contributed by atoms with Crippen LogP contribution in [0.25, 0.3) is 0 Å². The standard InChI is InChI=1S/C3H8N4O4/c4-1-10-3(9)7-11-2(8)6-5/h1,4-5H2,(H,6,8)(H,7,9). The molecule has 0 saturated heterocycles. The Labute approximate surface area is 61.7 Å². The lowest BCUT2D eigenvalue weighted by molar-refractivity contribution is 0.0644. The topological polar surface area (TPSA) is 129 Å². The van der Waals surface area contributed by atoms with Crippen molar-refractivity contribution in [2.24, 2.45) is 11.6 Å². The van der Waals surface area contributed by atoms with Crippen molar-refractivity contribution in [1.29, 1.82) is 0 Å². The second-order valence-corrected chi connectivity index (χ2v) is 1.23. The minimum Gasteiger partial charge on any atom is -0.432 e. The second-order valence-electron chi connectivity index (χ2n) is 1.23. The number of rotatable bonds is 1. The first-order valence-corrected chi connectivity index (χ1v) is 2.51. The van der Waals surface area contributed by atoms with Crippen LogP contribution in [0.15, 0.2) is 0 Å². The summed E-state index contributed by atoms with van der Waals surface area (Å²) in [5, 5.41) is 0. The molecule has 0 heterocycles. The Hall–Kier alpha value is -1.54. The maximum absolute atomic E-state index is 10.3. The van der Waals surface area contributed by atoms with E-state index in [1.54, 1.807) is 10.9 Å². The molecule has 0 aliphatic carbocycles. The highest BCUT2D eigenvalue weighted by Crippen LogP contribution is 1.74. The monoisotopic (exact) mass is 164 g/mol. The van der Waals surface area contributed by atoms with Crippen LogP contribution in [0.2, 0.25) is 0 Å². The Bertz CT molecular complexity index is 148. The zero-order valence-electron chi connectivity index (χ0n) is 5.49. The van der Waals surface area contributed by atoms with Crippen LogP contribution in [0.1, 0.15) is 0 Å². The van der Waals surface area contributed by atoms with Crippen molar-refractivity contribution in [3.05, 3.63) is 0 Å². The minimum absolute atomic E-state index is 0.306. The third kappa shape index (κ3) is 4.93. The van der Waals surface area contributed by atoms with Gasteiger partial charge in [-0.2, -0.15) is 0 Å². The van der Waals surface area contributed by atoms with Crippen LogP contribution in [0.3, 0.4) is 0 Å². The molecule has 2 amide bonds. The molecule has 0 radical (unpaired) electrons. The van der Waals surface area contributed by atoms with Crippen LogP contribution in [0, 0.1) is 0 Å². The van der Waals surface area contributed by atoms with Crippen LogP contribution in [0.5, 0.6) is 0 Å². The highest BCUT2D eigenvalue weighted by Gasteiger charge is 2.03. The van der Waals surface area contributed by atoms with Gasteiger partial charge in [-0.1, -0.05) is 0 Å². The van der Waals surface area contributed by atoms with Crippen molar-refractivity contribution >= 4 is 12.2 Å². The zero-order chi connectivity index (χ0) is 8.69. The summed E-state index contributed by atoms with van der Waals surface area (Å²) in [6, 6.07) is 0. The SMILES string of the molecule is NCOC(=O)NOC(=O)NN. The number of nitrogens with two attached hydrogens (primary N) is 2. The first kappa shape index (κ1) is 9.46. The quantitative estimate of drug-likeness (QED) is 0.156. The molecule has 6 N–H and O–H groups in total. The fraction of sp³-hybridized carbons (Fsp3) is 0.333. The Morgan fingerprint density at radius 1 is 1.36 bits per heavy atom. The van der Waals surface area contributed by atoms with Crippen molar-refractivity contribution in [2.45, 2.75) is 0 Å². The summed E-state index contributed by atoms with van der Waals surface area (Å²) in [5.74, 6) is 4.59. The molecule has 0 aliphatic rings. The molecule has 0 aromatic rings. The fourth-order valence-corrected chi connectivity index (χ4v) is 0.223. The molecule has 11 heavy (non-hydrogen) atoms. The number of hydroxylamine groups is 1. The Balaban J connectivity index is 3.38. The molecule has 64 valence electrons. The summed E-state index contributed by atoms with van der Waals surface area (Å²) in [5.41, 5.74) is 8.01. The van der Waals surface area contributed by atoms with E-state index in [1.807, 2.05) is 0 Å². The van der Waals surface area contributed by atoms with Crippen LogP contribution < -0.4 is 22.5 Å². The van der Waals surface area contributed by atoms with Gasteiger partial charge in [0.2, 0.25) is 0 Å². The largest absolute Gasteiger partial charge is 0.445 e. The van der Waals surface area contributed by atoms with Crippen molar-refractivity contribution in [3.8, 4) is 0 Å². The van der Waals surface area contributed by atoms with Gasteiger partial charge in [-0.25, -0.2) is 15.4 Å². The van der Waals surface area contributed by atoms with E-state index in [0.29, 0.717) is 0 Å². The lowest BCUT2D eigenvalue weighted by Crippen LogP contribution is -2.37. The van der Waals surface area contributed by atoms with Crippen molar-refractivity contribution in [3.63, 3.8) is 0 Å². The summed E-state index contributed by atoms with van der Waals surface area (Å²) in [4.78, 5) is 24.4. The summed E-state index contributed by atoms with van der Waals surface area (Å²) in [6.07, 6.45) is -1.99. The molecule has 0 atom stereocenters. The maximum atomic E-state index is 10.3. The van der Waals surface area contributed by atoms with Gasteiger partial charge in [0.15, 0.2) is 0 Å². The molecule has 0 bridgehead atoms. The highest BCUT2D eigenvalue weighted by molar-refractivity contribution is 5.71. The molecule has 0 saturated carbocycles. The normalized spacial score (nSPS) is 8.18. The van der Waals surface area contributed by atoms with E-state index < -0.39 is 12.2 Å². The number of hydrazine groups is 1. The molecule has 8 heteroatoms. The van der Waals surface area contributed by atoms with Gasteiger partial charge >= 0.3 is 12.2 Å². The number of nitrogens with one attached hydrogen (secondary N) is 2. The number of carbonyl (C=O) groups excluding carboxylic acids is 2. The van der Waals surface area contributed by atoms with Gasteiger partial charge < -0.3 is 9.57 Å². The lowest BCUT2D eigenvalue weighted by atomic mass is 11.1. The fourth-order valence-electron chi connectivity index (χ4n) is 0.223. The van der Waals surface area contributed by atoms with E-state index in [1.165, 1.54) is 0 Å². The molecule has 0 aromatic heterocycles. The average molecular weight is 164 g/mol. The molecule has 0 aromatic carbocycles. The summed E-state index contributed by atoms with van der Waals surface area (Å²) in [7, 11) is 0. The third-order valence-corrected chi connectivity index (χ3v) is 0.559. The lowest BCUT2D eigenvalue weighted by Gasteiger charge is -2.03. The van der Waals surface area contributed by atoms with E-state index in [2.05, 4.69) is 15.4 Å². The predicted octanol–water partition coefficient (Wildman–Crippen LogP) is -1.86. The molecular weight excluding hydrogens is 156 g/mol. The molecule has 8 nitrogen and oxygen atoms in total. The van der Waals surface area contributed by atoms with Gasteiger partial charge in [-0.3, -0.25) is 11.2 Å². The number of ether oxygens (including phenoxy) is 1. The predicted molar refractivity (Wildman–Crippen MR) is 32.5 cm³/mol. The van der Waals surface area contributed by atoms with Gasteiger partial charge in [-0.05, 0) is 0 Å². The first-order valence-electron chi connectivity index (χ1n) is 2.51. The van der Waals surface area contributed by atoms with Crippen molar-refractivity contribution in [2.75, 3.05) is 6.73 Å². The number of hydrogen-bond donors (Lipinski definition) is 4.